The molecule has 0 radical (unpaired) electrons. The first-order chi connectivity index (χ1) is 9.74. The monoisotopic (exact) mass is 271 g/mol. The van der Waals surface area contributed by atoms with E-state index < -0.39 is 5.97 Å². The van der Waals surface area contributed by atoms with E-state index in [-0.39, 0.29) is 5.92 Å². The molecule has 5 nitrogen and oxygen atoms in total. The normalized spacial score (nSPS) is 22.6. The first-order valence-electron chi connectivity index (χ1n) is 6.93. The summed E-state index contributed by atoms with van der Waals surface area (Å²) in [6.45, 7) is 0. The minimum absolute atomic E-state index is 0.180. The van der Waals surface area contributed by atoms with E-state index in [1.54, 1.807) is 12.4 Å². The Kier molecular flexibility index (Phi) is 3.50. The zero-order valence-corrected chi connectivity index (χ0v) is 11.1. The van der Waals surface area contributed by atoms with Crippen molar-refractivity contribution in [1.29, 1.82) is 0 Å². The van der Waals surface area contributed by atoms with Crippen molar-refractivity contribution in [3.8, 4) is 0 Å². The molecule has 1 saturated carbocycles. The van der Waals surface area contributed by atoms with Crippen LogP contribution in [-0.2, 0) is 4.79 Å². The van der Waals surface area contributed by atoms with Crippen LogP contribution in [0.1, 0.15) is 25.7 Å². The summed E-state index contributed by atoms with van der Waals surface area (Å²) in [5.74, 6) is -0.847. The highest BCUT2D eigenvalue weighted by molar-refractivity contribution is 5.87. The predicted molar refractivity (Wildman–Crippen MR) is 76.5 cm³/mol. The molecule has 2 heterocycles. The van der Waals surface area contributed by atoms with E-state index in [0.29, 0.717) is 6.04 Å². The van der Waals surface area contributed by atoms with Crippen molar-refractivity contribution >= 4 is 22.7 Å². The number of nitrogens with one attached hydrogen (secondary N) is 1. The average Bonchev–Trinajstić information content (AvgIpc) is 2.48. The van der Waals surface area contributed by atoms with Gasteiger partial charge in [-0.3, -0.25) is 14.8 Å². The second-order valence-electron chi connectivity index (χ2n) is 5.26. The lowest BCUT2D eigenvalue weighted by Crippen LogP contribution is -2.29. The quantitative estimate of drug-likeness (QED) is 0.897. The number of aromatic nitrogens is 2. The molecule has 20 heavy (non-hydrogen) atoms. The molecule has 1 aliphatic rings. The number of aliphatic carboxylic acids is 1. The highest BCUT2D eigenvalue weighted by Crippen LogP contribution is 2.28. The van der Waals surface area contributed by atoms with Gasteiger partial charge in [0.2, 0.25) is 0 Å². The molecule has 5 heteroatoms. The van der Waals surface area contributed by atoms with Crippen LogP contribution in [0.3, 0.4) is 0 Å². The van der Waals surface area contributed by atoms with Crippen molar-refractivity contribution in [3.63, 3.8) is 0 Å². The number of hydrogen-bond donors (Lipinski definition) is 2. The Morgan fingerprint density at radius 2 is 1.95 bits per heavy atom. The van der Waals surface area contributed by atoms with Crippen LogP contribution < -0.4 is 5.32 Å². The molecule has 1 aliphatic carbocycles. The van der Waals surface area contributed by atoms with Crippen LogP contribution in [0.2, 0.25) is 0 Å². The third kappa shape index (κ3) is 2.57. The zero-order valence-electron chi connectivity index (χ0n) is 11.1. The topological polar surface area (TPSA) is 75.1 Å². The Balaban J connectivity index is 1.73. The van der Waals surface area contributed by atoms with Gasteiger partial charge in [-0.25, -0.2) is 0 Å². The number of hydrogen-bond acceptors (Lipinski definition) is 4. The lowest BCUT2D eigenvalue weighted by atomic mass is 9.86. The van der Waals surface area contributed by atoms with Gasteiger partial charge in [-0.1, -0.05) is 0 Å². The molecule has 0 amide bonds. The van der Waals surface area contributed by atoms with Gasteiger partial charge in [0.25, 0.3) is 0 Å². The summed E-state index contributed by atoms with van der Waals surface area (Å²) in [4.78, 5) is 19.6. The molecule has 2 aromatic rings. The number of carbonyl (C=O) groups is 1. The first-order valence-corrected chi connectivity index (χ1v) is 6.93. The van der Waals surface area contributed by atoms with Crippen LogP contribution in [0, 0.1) is 5.92 Å². The minimum atomic E-state index is -0.667. The predicted octanol–water partition coefficient (Wildman–Crippen LogP) is 2.69. The van der Waals surface area contributed by atoms with Gasteiger partial charge in [-0.05, 0) is 43.9 Å². The molecular formula is C15H17N3O2. The summed E-state index contributed by atoms with van der Waals surface area (Å²) in [5.41, 5.74) is 2.72. The molecule has 104 valence electrons. The standard InChI is InChI=1S/C15H17N3O2/c19-15(20)10-3-5-11(6-4-10)18-13-7-9-16-12-2-1-8-17-14(12)13/h1-2,7-11H,3-6H2,(H,16,18)(H,19,20). The van der Waals surface area contributed by atoms with Crippen molar-refractivity contribution in [3.05, 3.63) is 30.6 Å². The molecule has 0 saturated heterocycles. The van der Waals surface area contributed by atoms with Crippen LogP contribution in [0.15, 0.2) is 30.6 Å². The molecule has 2 N–H and O–H groups in total. The second-order valence-corrected chi connectivity index (χ2v) is 5.26. The highest BCUT2D eigenvalue weighted by Gasteiger charge is 2.26. The minimum Gasteiger partial charge on any atom is -0.481 e. The van der Waals surface area contributed by atoms with Crippen molar-refractivity contribution in [2.24, 2.45) is 5.92 Å². The maximum Gasteiger partial charge on any atom is 0.306 e. The highest BCUT2D eigenvalue weighted by atomic mass is 16.4. The Labute approximate surface area is 117 Å². The van der Waals surface area contributed by atoms with E-state index in [9.17, 15) is 4.79 Å². The number of rotatable bonds is 3. The number of fused-ring (bicyclic) bond motifs is 1. The fourth-order valence-corrected chi connectivity index (χ4v) is 2.80. The largest absolute Gasteiger partial charge is 0.481 e. The smallest absolute Gasteiger partial charge is 0.306 e. The van der Waals surface area contributed by atoms with Crippen LogP contribution >= 0.6 is 0 Å². The fraction of sp³-hybridized carbons (Fsp3) is 0.400. The summed E-state index contributed by atoms with van der Waals surface area (Å²) in [6.07, 6.45) is 6.78. The van der Waals surface area contributed by atoms with E-state index in [4.69, 9.17) is 5.11 Å². The third-order valence-corrected chi connectivity index (χ3v) is 3.93. The molecule has 0 atom stereocenters. The van der Waals surface area contributed by atoms with Crippen molar-refractivity contribution in [1.82, 2.24) is 9.97 Å². The van der Waals surface area contributed by atoms with E-state index >= 15 is 0 Å². The van der Waals surface area contributed by atoms with Gasteiger partial charge in [-0.15, -0.1) is 0 Å². The summed E-state index contributed by atoms with van der Waals surface area (Å²) in [7, 11) is 0. The summed E-state index contributed by atoms with van der Waals surface area (Å²) < 4.78 is 0. The maximum atomic E-state index is 11.0. The Hall–Kier alpha value is -2.17. The van der Waals surface area contributed by atoms with Gasteiger partial charge < -0.3 is 10.4 Å². The summed E-state index contributed by atoms with van der Waals surface area (Å²) in [5, 5.41) is 12.5. The van der Waals surface area contributed by atoms with Crippen molar-refractivity contribution < 1.29 is 9.90 Å². The average molecular weight is 271 g/mol. The van der Waals surface area contributed by atoms with Gasteiger partial charge in [0.1, 0.15) is 5.52 Å². The number of carboxylic acids is 1. The van der Waals surface area contributed by atoms with E-state index in [2.05, 4.69) is 15.3 Å². The lowest BCUT2D eigenvalue weighted by molar-refractivity contribution is -0.142. The maximum absolute atomic E-state index is 11.0. The molecule has 2 aromatic heterocycles. The molecule has 0 unspecified atom stereocenters. The van der Waals surface area contributed by atoms with Crippen LogP contribution in [0.25, 0.3) is 11.0 Å². The molecule has 3 rings (SSSR count). The molecule has 0 spiro atoms. The Bertz CT molecular complexity index is 616. The fourth-order valence-electron chi connectivity index (χ4n) is 2.80. The van der Waals surface area contributed by atoms with Crippen molar-refractivity contribution in [2.75, 3.05) is 5.32 Å². The van der Waals surface area contributed by atoms with Gasteiger partial charge in [0, 0.05) is 18.4 Å². The first kappa shape index (κ1) is 12.8. The second kappa shape index (κ2) is 5.45. The van der Waals surface area contributed by atoms with Crippen LogP contribution in [0.5, 0.6) is 0 Å². The molecule has 0 bridgehead atoms. The molecule has 0 aliphatic heterocycles. The lowest BCUT2D eigenvalue weighted by Gasteiger charge is -2.27. The van der Waals surface area contributed by atoms with Crippen LogP contribution in [-0.4, -0.2) is 27.1 Å². The Morgan fingerprint density at radius 3 is 2.70 bits per heavy atom. The number of nitrogens with zero attached hydrogens (tertiary/aromatic N) is 2. The molecule has 0 aromatic carbocycles. The van der Waals surface area contributed by atoms with Gasteiger partial charge in [0.15, 0.2) is 0 Å². The summed E-state index contributed by atoms with van der Waals surface area (Å²) in [6, 6.07) is 6.06. The summed E-state index contributed by atoms with van der Waals surface area (Å²) >= 11 is 0. The number of anilines is 1. The van der Waals surface area contributed by atoms with E-state index in [1.165, 1.54) is 0 Å². The molecule has 1 fully saturated rings. The number of carboxylic acid groups (broad SMARTS) is 1. The van der Waals surface area contributed by atoms with E-state index in [1.807, 2.05) is 18.2 Å². The van der Waals surface area contributed by atoms with Crippen molar-refractivity contribution in [2.45, 2.75) is 31.7 Å². The van der Waals surface area contributed by atoms with Crippen LogP contribution in [0.4, 0.5) is 5.69 Å². The van der Waals surface area contributed by atoms with E-state index in [0.717, 1.165) is 42.4 Å². The Morgan fingerprint density at radius 1 is 1.15 bits per heavy atom. The number of pyridine rings is 2. The van der Waals surface area contributed by atoms with Gasteiger partial charge in [0.05, 0.1) is 17.1 Å². The zero-order chi connectivity index (χ0) is 13.9. The molecular weight excluding hydrogens is 254 g/mol. The SMILES string of the molecule is O=C(O)C1CCC(Nc2ccnc3cccnc23)CC1. The third-order valence-electron chi connectivity index (χ3n) is 3.93. The van der Waals surface area contributed by atoms with Gasteiger partial charge in [-0.2, -0.15) is 0 Å². The van der Waals surface area contributed by atoms with Gasteiger partial charge >= 0.3 is 5.97 Å².